The molecular formula is C10H11Cl2NO2. The van der Waals surface area contributed by atoms with Gasteiger partial charge in [0, 0.05) is 16.6 Å². The highest BCUT2D eigenvalue weighted by Gasteiger charge is 2.17. The maximum atomic E-state index is 10.8. The van der Waals surface area contributed by atoms with E-state index < -0.39 is 11.9 Å². The molecule has 0 aliphatic rings. The third-order valence-corrected chi connectivity index (χ3v) is 2.70. The number of nitrogens with two attached hydrogens (primary N) is 1. The molecule has 0 aromatic heterocycles. The van der Waals surface area contributed by atoms with E-state index in [1.807, 2.05) is 0 Å². The van der Waals surface area contributed by atoms with Crippen molar-refractivity contribution in [2.75, 3.05) is 6.54 Å². The van der Waals surface area contributed by atoms with Crippen LogP contribution in [0, 0.1) is 5.92 Å². The Hall–Kier alpha value is -0.770. The standard InChI is InChI=1S/C10H11Cl2NO2/c11-8-2-1-6(9(12)4-8)3-7(5-13)10(14)15/h1-2,4,7H,3,5,13H2,(H,14,15). The van der Waals surface area contributed by atoms with Crippen LogP contribution in [0.3, 0.4) is 0 Å². The zero-order valence-corrected chi connectivity index (χ0v) is 9.42. The van der Waals surface area contributed by atoms with Gasteiger partial charge in [-0.05, 0) is 24.1 Å². The van der Waals surface area contributed by atoms with Gasteiger partial charge in [-0.3, -0.25) is 4.79 Å². The number of hydrogen-bond donors (Lipinski definition) is 2. The highest BCUT2D eigenvalue weighted by molar-refractivity contribution is 6.35. The molecule has 0 radical (unpaired) electrons. The van der Waals surface area contributed by atoms with E-state index in [9.17, 15) is 4.79 Å². The average molecular weight is 248 g/mol. The quantitative estimate of drug-likeness (QED) is 0.858. The van der Waals surface area contributed by atoms with Gasteiger partial charge in [0.15, 0.2) is 0 Å². The average Bonchev–Trinajstić information content (AvgIpc) is 2.16. The molecule has 0 bridgehead atoms. The minimum Gasteiger partial charge on any atom is -0.481 e. The van der Waals surface area contributed by atoms with E-state index >= 15 is 0 Å². The second-order valence-corrected chi connectivity index (χ2v) is 4.05. The van der Waals surface area contributed by atoms with Crippen molar-refractivity contribution in [3.8, 4) is 0 Å². The van der Waals surface area contributed by atoms with Gasteiger partial charge in [-0.25, -0.2) is 0 Å². The predicted octanol–water partition coefficient (Wildman–Crippen LogP) is 2.20. The first kappa shape index (κ1) is 12.3. The Bertz CT molecular complexity index is 368. The molecule has 0 spiro atoms. The highest BCUT2D eigenvalue weighted by Crippen LogP contribution is 2.23. The van der Waals surface area contributed by atoms with Crippen LogP contribution >= 0.6 is 23.2 Å². The summed E-state index contributed by atoms with van der Waals surface area (Å²) in [6, 6.07) is 4.99. The number of carbonyl (C=O) groups is 1. The fourth-order valence-corrected chi connectivity index (χ4v) is 1.71. The van der Waals surface area contributed by atoms with E-state index in [1.54, 1.807) is 18.2 Å². The van der Waals surface area contributed by atoms with Crippen molar-refractivity contribution in [3.63, 3.8) is 0 Å². The summed E-state index contributed by atoms with van der Waals surface area (Å²) in [4.78, 5) is 10.8. The Balaban J connectivity index is 2.84. The van der Waals surface area contributed by atoms with Crippen molar-refractivity contribution in [3.05, 3.63) is 33.8 Å². The molecule has 0 heterocycles. The number of benzene rings is 1. The van der Waals surface area contributed by atoms with E-state index in [-0.39, 0.29) is 6.54 Å². The number of halogens is 2. The van der Waals surface area contributed by atoms with Crippen molar-refractivity contribution in [1.82, 2.24) is 0 Å². The molecule has 5 heteroatoms. The Morgan fingerprint density at radius 2 is 2.13 bits per heavy atom. The topological polar surface area (TPSA) is 63.3 Å². The normalized spacial score (nSPS) is 12.5. The molecule has 0 saturated carbocycles. The Labute approximate surface area is 97.8 Å². The van der Waals surface area contributed by atoms with Crippen LogP contribution in [0.1, 0.15) is 5.56 Å². The first-order valence-corrected chi connectivity index (χ1v) is 5.17. The lowest BCUT2D eigenvalue weighted by molar-refractivity contribution is -0.141. The lowest BCUT2D eigenvalue weighted by atomic mass is 10.00. The molecule has 15 heavy (non-hydrogen) atoms. The number of aliphatic carboxylic acids is 1. The summed E-state index contributed by atoms with van der Waals surface area (Å²) >= 11 is 11.6. The molecule has 0 fully saturated rings. The fraction of sp³-hybridized carbons (Fsp3) is 0.300. The van der Waals surface area contributed by atoms with Crippen molar-refractivity contribution in [2.24, 2.45) is 11.7 Å². The molecule has 0 saturated heterocycles. The lowest BCUT2D eigenvalue weighted by Crippen LogP contribution is -2.25. The van der Waals surface area contributed by atoms with Crippen molar-refractivity contribution in [2.45, 2.75) is 6.42 Å². The second kappa shape index (κ2) is 5.35. The maximum Gasteiger partial charge on any atom is 0.308 e. The number of carboxylic acid groups (broad SMARTS) is 1. The molecule has 0 aliphatic heterocycles. The van der Waals surface area contributed by atoms with E-state index in [4.69, 9.17) is 34.0 Å². The van der Waals surface area contributed by atoms with E-state index in [2.05, 4.69) is 0 Å². The summed E-state index contributed by atoms with van der Waals surface area (Å²) in [5, 5.41) is 9.84. The molecule has 1 aromatic carbocycles. The first-order chi connectivity index (χ1) is 7.04. The van der Waals surface area contributed by atoms with Gasteiger partial charge < -0.3 is 10.8 Å². The molecule has 0 aliphatic carbocycles. The van der Waals surface area contributed by atoms with Crippen LogP contribution in [0.4, 0.5) is 0 Å². The first-order valence-electron chi connectivity index (χ1n) is 4.41. The molecule has 1 rings (SSSR count). The monoisotopic (exact) mass is 247 g/mol. The number of carboxylic acids is 1. The van der Waals surface area contributed by atoms with Crippen LogP contribution in [-0.4, -0.2) is 17.6 Å². The minimum atomic E-state index is -0.913. The summed E-state index contributed by atoms with van der Waals surface area (Å²) in [6.07, 6.45) is 0.321. The van der Waals surface area contributed by atoms with Gasteiger partial charge in [-0.1, -0.05) is 29.3 Å². The van der Waals surface area contributed by atoms with E-state index in [0.717, 1.165) is 5.56 Å². The summed E-state index contributed by atoms with van der Waals surface area (Å²) < 4.78 is 0. The third kappa shape index (κ3) is 3.38. The zero-order chi connectivity index (χ0) is 11.4. The van der Waals surface area contributed by atoms with E-state index in [0.29, 0.717) is 16.5 Å². The molecule has 1 aromatic rings. The van der Waals surface area contributed by atoms with Gasteiger partial charge in [0.05, 0.1) is 5.92 Å². The zero-order valence-electron chi connectivity index (χ0n) is 7.91. The van der Waals surface area contributed by atoms with Crippen molar-refractivity contribution in [1.29, 1.82) is 0 Å². The van der Waals surface area contributed by atoms with Gasteiger partial charge in [0.1, 0.15) is 0 Å². The van der Waals surface area contributed by atoms with Crippen LogP contribution in [-0.2, 0) is 11.2 Å². The summed E-state index contributed by atoms with van der Waals surface area (Å²) in [7, 11) is 0. The number of hydrogen-bond acceptors (Lipinski definition) is 2. The Morgan fingerprint density at radius 3 is 2.60 bits per heavy atom. The van der Waals surface area contributed by atoms with Gasteiger partial charge >= 0.3 is 5.97 Å². The molecule has 0 amide bonds. The molecule has 1 atom stereocenters. The Kier molecular flexibility index (Phi) is 4.39. The maximum absolute atomic E-state index is 10.8. The molecule has 82 valence electrons. The van der Waals surface area contributed by atoms with Crippen LogP contribution < -0.4 is 5.73 Å². The van der Waals surface area contributed by atoms with Crippen LogP contribution in [0.2, 0.25) is 10.0 Å². The van der Waals surface area contributed by atoms with Crippen LogP contribution in [0.25, 0.3) is 0 Å². The third-order valence-electron chi connectivity index (χ3n) is 2.12. The SMILES string of the molecule is NCC(Cc1ccc(Cl)cc1Cl)C(=O)O. The Morgan fingerprint density at radius 1 is 1.47 bits per heavy atom. The van der Waals surface area contributed by atoms with Gasteiger partial charge in [-0.2, -0.15) is 0 Å². The fourth-order valence-electron chi connectivity index (χ4n) is 1.22. The lowest BCUT2D eigenvalue weighted by Gasteiger charge is -2.10. The molecule has 3 nitrogen and oxygen atoms in total. The van der Waals surface area contributed by atoms with Gasteiger partial charge in [-0.15, -0.1) is 0 Å². The highest BCUT2D eigenvalue weighted by atomic mass is 35.5. The summed E-state index contributed by atoms with van der Waals surface area (Å²) in [5.41, 5.74) is 6.10. The summed E-state index contributed by atoms with van der Waals surface area (Å²) in [6.45, 7) is 0.0916. The second-order valence-electron chi connectivity index (χ2n) is 3.21. The number of rotatable bonds is 4. The minimum absolute atomic E-state index is 0.0916. The smallest absolute Gasteiger partial charge is 0.308 e. The van der Waals surface area contributed by atoms with Gasteiger partial charge in [0.25, 0.3) is 0 Å². The van der Waals surface area contributed by atoms with Crippen LogP contribution in [0.15, 0.2) is 18.2 Å². The largest absolute Gasteiger partial charge is 0.481 e. The van der Waals surface area contributed by atoms with Crippen molar-refractivity contribution < 1.29 is 9.90 Å². The predicted molar refractivity (Wildman–Crippen MR) is 60.3 cm³/mol. The van der Waals surface area contributed by atoms with E-state index in [1.165, 1.54) is 0 Å². The molecule has 1 unspecified atom stereocenters. The molecule has 3 N–H and O–H groups in total. The van der Waals surface area contributed by atoms with Gasteiger partial charge in [0.2, 0.25) is 0 Å². The molecular weight excluding hydrogens is 237 g/mol. The van der Waals surface area contributed by atoms with Crippen LogP contribution in [0.5, 0.6) is 0 Å². The van der Waals surface area contributed by atoms with Crippen molar-refractivity contribution >= 4 is 29.2 Å². The summed E-state index contributed by atoms with van der Waals surface area (Å²) in [5.74, 6) is -1.52.